The molecular weight excluding hydrogens is 380 g/mol. The van der Waals surface area contributed by atoms with Crippen LogP contribution >= 0.6 is 11.6 Å². The van der Waals surface area contributed by atoms with Gasteiger partial charge in [0.1, 0.15) is 5.75 Å². The van der Waals surface area contributed by atoms with Crippen LogP contribution < -0.4 is 14.2 Å². The predicted molar refractivity (Wildman–Crippen MR) is 96.5 cm³/mol. The Morgan fingerprint density at radius 2 is 2.00 bits per heavy atom. The van der Waals surface area contributed by atoms with Gasteiger partial charge in [0.25, 0.3) is 0 Å². The van der Waals surface area contributed by atoms with Crippen molar-refractivity contribution >= 4 is 11.6 Å². The summed E-state index contributed by atoms with van der Waals surface area (Å²) < 4.78 is 45.7. The smallest absolute Gasteiger partial charge is 0.387 e. The molecule has 0 atom stereocenters. The van der Waals surface area contributed by atoms with Crippen molar-refractivity contribution in [2.24, 2.45) is 0 Å². The molecule has 0 spiro atoms. The zero-order valence-corrected chi connectivity index (χ0v) is 15.8. The second-order valence-corrected chi connectivity index (χ2v) is 6.64. The first-order valence-electron chi connectivity index (χ1n) is 8.28. The molecule has 0 amide bonds. The lowest BCUT2D eigenvalue weighted by molar-refractivity contribution is -0.0512. The number of fused-ring (bicyclic) bond motifs is 1. The third kappa shape index (κ3) is 5.00. The summed E-state index contributed by atoms with van der Waals surface area (Å²) in [7, 11) is 3.33. The van der Waals surface area contributed by atoms with E-state index in [1.807, 2.05) is 30.1 Å². The van der Waals surface area contributed by atoms with E-state index in [0.29, 0.717) is 24.7 Å². The van der Waals surface area contributed by atoms with Crippen LogP contribution in [0, 0.1) is 0 Å². The molecular formula is C19H20ClF2NO4. The van der Waals surface area contributed by atoms with E-state index in [1.54, 1.807) is 12.1 Å². The van der Waals surface area contributed by atoms with Crippen molar-refractivity contribution in [1.29, 1.82) is 0 Å². The number of alkyl halides is 2. The Balaban J connectivity index is 1.75. The number of nitrogens with zero attached hydrogens (tertiary/aromatic N) is 1. The number of hydrogen-bond acceptors (Lipinski definition) is 5. The molecule has 1 aliphatic heterocycles. The highest BCUT2D eigenvalue weighted by Crippen LogP contribution is 2.33. The van der Waals surface area contributed by atoms with Gasteiger partial charge in [0.05, 0.1) is 13.7 Å². The highest BCUT2D eigenvalue weighted by Gasteiger charge is 2.18. The molecule has 1 heterocycles. The van der Waals surface area contributed by atoms with E-state index in [-0.39, 0.29) is 18.3 Å². The summed E-state index contributed by atoms with van der Waals surface area (Å²) in [4.78, 5) is 2.03. The van der Waals surface area contributed by atoms with E-state index in [9.17, 15) is 8.78 Å². The SMILES string of the molecule is COc1ccc(CN(C)Cc2cc(Cl)cc3c2OCOC3)cc1OC(F)F. The molecule has 0 bridgehead atoms. The zero-order valence-electron chi connectivity index (χ0n) is 15.0. The van der Waals surface area contributed by atoms with E-state index in [2.05, 4.69) is 4.74 Å². The largest absolute Gasteiger partial charge is 0.493 e. The van der Waals surface area contributed by atoms with Crippen LogP contribution in [0.4, 0.5) is 8.78 Å². The minimum Gasteiger partial charge on any atom is -0.493 e. The molecule has 2 aromatic carbocycles. The summed E-state index contributed by atoms with van der Waals surface area (Å²) in [6, 6.07) is 8.67. The van der Waals surface area contributed by atoms with Crippen LogP contribution in [0.5, 0.6) is 17.2 Å². The van der Waals surface area contributed by atoms with Gasteiger partial charge in [0.2, 0.25) is 0 Å². The Morgan fingerprint density at radius 1 is 1.19 bits per heavy atom. The number of methoxy groups -OCH3 is 1. The molecule has 3 rings (SSSR count). The third-order valence-corrected chi connectivity index (χ3v) is 4.31. The fourth-order valence-corrected chi connectivity index (χ4v) is 3.30. The Hall–Kier alpha value is -2.09. The Labute approximate surface area is 161 Å². The summed E-state index contributed by atoms with van der Waals surface area (Å²) in [5.41, 5.74) is 2.67. The molecule has 0 unspecified atom stereocenters. The van der Waals surface area contributed by atoms with Gasteiger partial charge in [-0.25, -0.2) is 0 Å². The molecule has 0 saturated heterocycles. The van der Waals surface area contributed by atoms with Crippen LogP contribution in [0.15, 0.2) is 30.3 Å². The summed E-state index contributed by atoms with van der Waals surface area (Å²) >= 11 is 6.20. The minimum atomic E-state index is -2.91. The minimum absolute atomic E-state index is 0.0130. The fourth-order valence-electron chi connectivity index (χ4n) is 3.04. The van der Waals surface area contributed by atoms with E-state index < -0.39 is 6.61 Å². The van der Waals surface area contributed by atoms with Gasteiger partial charge in [-0.05, 0) is 36.9 Å². The highest BCUT2D eigenvalue weighted by molar-refractivity contribution is 6.30. The molecule has 146 valence electrons. The monoisotopic (exact) mass is 399 g/mol. The van der Waals surface area contributed by atoms with Gasteiger partial charge in [0.15, 0.2) is 18.3 Å². The van der Waals surface area contributed by atoms with Crippen molar-refractivity contribution in [3.63, 3.8) is 0 Å². The molecule has 0 N–H and O–H groups in total. The molecule has 0 radical (unpaired) electrons. The normalized spacial score (nSPS) is 13.4. The van der Waals surface area contributed by atoms with Crippen molar-refractivity contribution < 1.29 is 27.7 Å². The van der Waals surface area contributed by atoms with Crippen molar-refractivity contribution in [2.45, 2.75) is 26.3 Å². The van der Waals surface area contributed by atoms with Crippen LogP contribution in [0.1, 0.15) is 16.7 Å². The Bertz CT molecular complexity index is 804. The molecule has 0 aromatic heterocycles. The van der Waals surface area contributed by atoms with Gasteiger partial charge in [0, 0.05) is 29.2 Å². The average molecular weight is 400 g/mol. The van der Waals surface area contributed by atoms with E-state index in [0.717, 1.165) is 22.4 Å². The Kier molecular flexibility index (Phi) is 6.36. The van der Waals surface area contributed by atoms with Crippen LogP contribution in [-0.4, -0.2) is 32.5 Å². The second kappa shape index (κ2) is 8.73. The number of benzene rings is 2. The molecule has 2 aromatic rings. The number of hydrogen-bond donors (Lipinski definition) is 0. The number of halogens is 3. The molecule has 27 heavy (non-hydrogen) atoms. The number of rotatable bonds is 7. The molecule has 0 aliphatic carbocycles. The first-order chi connectivity index (χ1) is 13.0. The lowest BCUT2D eigenvalue weighted by Crippen LogP contribution is -2.20. The first-order valence-corrected chi connectivity index (χ1v) is 8.66. The van der Waals surface area contributed by atoms with Gasteiger partial charge in [-0.2, -0.15) is 8.78 Å². The summed E-state index contributed by atoms with van der Waals surface area (Å²) in [6.45, 7) is -1.16. The van der Waals surface area contributed by atoms with Crippen LogP contribution in [0.2, 0.25) is 5.02 Å². The lowest BCUT2D eigenvalue weighted by atomic mass is 10.1. The highest BCUT2D eigenvalue weighted by atomic mass is 35.5. The van der Waals surface area contributed by atoms with E-state index in [4.69, 9.17) is 25.8 Å². The summed E-state index contributed by atoms with van der Waals surface area (Å²) in [5, 5.41) is 0.614. The van der Waals surface area contributed by atoms with Gasteiger partial charge in [-0.1, -0.05) is 17.7 Å². The van der Waals surface area contributed by atoms with Crippen molar-refractivity contribution in [3.05, 3.63) is 52.0 Å². The Morgan fingerprint density at radius 3 is 2.74 bits per heavy atom. The van der Waals surface area contributed by atoms with Crippen LogP contribution in [-0.2, 0) is 24.4 Å². The second-order valence-electron chi connectivity index (χ2n) is 6.20. The van der Waals surface area contributed by atoms with Gasteiger partial charge in [-0.15, -0.1) is 0 Å². The molecule has 5 nitrogen and oxygen atoms in total. The average Bonchev–Trinajstić information content (AvgIpc) is 2.61. The third-order valence-electron chi connectivity index (χ3n) is 4.09. The molecule has 0 fully saturated rings. The number of ether oxygens (including phenoxy) is 4. The predicted octanol–water partition coefficient (Wildman–Crippen LogP) is 4.45. The van der Waals surface area contributed by atoms with Crippen LogP contribution in [0.3, 0.4) is 0 Å². The van der Waals surface area contributed by atoms with Crippen LogP contribution in [0.25, 0.3) is 0 Å². The topological polar surface area (TPSA) is 40.2 Å². The molecule has 8 heteroatoms. The quantitative estimate of drug-likeness (QED) is 0.688. The summed E-state index contributed by atoms with van der Waals surface area (Å²) in [6.07, 6.45) is 0. The van der Waals surface area contributed by atoms with Gasteiger partial charge < -0.3 is 18.9 Å². The van der Waals surface area contributed by atoms with E-state index >= 15 is 0 Å². The zero-order chi connectivity index (χ0) is 19.4. The maximum Gasteiger partial charge on any atom is 0.387 e. The standard InChI is InChI=1S/C19H20ClF2NO4/c1-23(8-12-3-4-16(24-2)17(5-12)27-19(21)22)9-13-6-15(20)7-14-10-25-11-26-18(13)14/h3-7,19H,8-11H2,1-2H3. The lowest BCUT2D eigenvalue weighted by Gasteiger charge is -2.24. The van der Waals surface area contributed by atoms with E-state index in [1.165, 1.54) is 7.11 Å². The van der Waals surface area contributed by atoms with Gasteiger partial charge in [-0.3, -0.25) is 4.90 Å². The fraction of sp³-hybridized carbons (Fsp3) is 0.368. The maximum atomic E-state index is 12.6. The van der Waals surface area contributed by atoms with Crippen molar-refractivity contribution in [1.82, 2.24) is 4.90 Å². The van der Waals surface area contributed by atoms with Crippen molar-refractivity contribution in [3.8, 4) is 17.2 Å². The first kappa shape index (κ1) is 19.7. The maximum absolute atomic E-state index is 12.6. The molecule has 0 saturated carbocycles. The summed E-state index contributed by atoms with van der Waals surface area (Å²) in [5.74, 6) is 1.06. The van der Waals surface area contributed by atoms with Gasteiger partial charge >= 0.3 is 6.61 Å². The molecule has 1 aliphatic rings. The van der Waals surface area contributed by atoms with Crippen molar-refractivity contribution in [2.75, 3.05) is 21.0 Å².